The normalized spacial score (nSPS) is 17.3. The summed E-state index contributed by atoms with van der Waals surface area (Å²) in [6.45, 7) is 6.30. The van der Waals surface area contributed by atoms with Crippen LogP contribution in [-0.2, 0) is 0 Å². The number of anilines is 1. The number of benzene rings is 2. The van der Waals surface area contributed by atoms with Crippen molar-refractivity contribution < 1.29 is 9.50 Å². The van der Waals surface area contributed by atoms with E-state index < -0.39 is 0 Å². The van der Waals surface area contributed by atoms with E-state index >= 15 is 0 Å². The summed E-state index contributed by atoms with van der Waals surface area (Å²) < 4.78 is 13.9. The fourth-order valence-corrected chi connectivity index (χ4v) is 3.98. The molecule has 1 fully saturated rings. The number of phenols is 1. The van der Waals surface area contributed by atoms with Gasteiger partial charge >= 0.3 is 0 Å². The summed E-state index contributed by atoms with van der Waals surface area (Å²) in [4.78, 5) is 13.8. The number of fused-ring (bicyclic) bond motifs is 1. The van der Waals surface area contributed by atoms with Crippen molar-refractivity contribution in [3.8, 4) is 17.1 Å². The quantitative estimate of drug-likeness (QED) is 0.727. The average molecular weight is 380 g/mol. The smallest absolute Gasteiger partial charge is 0.165 e. The van der Waals surface area contributed by atoms with Crippen molar-refractivity contribution >= 4 is 16.7 Å². The van der Waals surface area contributed by atoms with E-state index in [9.17, 15) is 9.50 Å². The Morgan fingerprint density at radius 3 is 2.79 bits per heavy atom. The van der Waals surface area contributed by atoms with Gasteiger partial charge in [0.2, 0.25) is 0 Å². The van der Waals surface area contributed by atoms with Crippen LogP contribution in [0, 0.1) is 11.7 Å². The molecule has 0 spiro atoms. The molecule has 146 valence electrons. The van der Waals surface area contributed by atoms with Crippen LogP contribution < -0.4 is 4.90 Å². The predicted molar refractivity (Wildman–Crippen MR) is 110 cm³/mol. The molecule has 0 aliphatic carbocycles. The molecule has 1 aliphatic heterocycles. The Balaban J connectivity index is 1.75. The van der Waals surface area contributed by atoms with E-state index in [0.717, 1.165) is 32.6 Å². The highest BCUT2D eigenvalue weighted by Crippen LogP contribution is 2.32. The number of likely N-dealkylation sites (tertiary alicyclic amines) is 1. The highest BCUT2D eigenvalue weighted by Gasteiger charge is 2.24. The van der Waals surface area contributed by atoms with Crippen molar-refractivity contribution in [3.63, 3.8) is 0 Å². The Labute approximate surface area is 164 Å². The molecule has 1 saturated heterocycles. The van der Waals surface area contributed by atoms with Crippen LogP contribution in [0.15, 0.2) is 42.5 Å². The molecule has 0 bridgehead atoms. The van der Waals surface area contributed by atoms with Gasteiger partial charge in [-0.1, -0.05) is 19.1 Å². The number of aromatic hydroxyl groups is 1. The van der Waals surface area contributed by atoms with E-state index in [2.05, 4.69) is 21.7 Å². The van der Waals surface area contributed by atoms with E-state index in [4.69, 9.17) is 4.98 Å². The van der Waals surface area contributed by atoms with Crippen LogP contribution >= 0.6 is 0 Å². The summed E-state index contributed by atoms with van der Waals surface area (Å²) in [5.74, 6) is 1.52. The van der Waals surface area contributed by atoms with E-state index in [0.29, 0.717) is 34.0 Å². The zero-order valence-electron chi connectivity index (χ0n) is 16.3. The molecule has 1 atom stereocenters. The van der Waals surface area contributed by atoms with Crippen LogP contribution in [0.5, 0.6) is 5.75 Å². The summed E-state index contributed by atoms with van der Waals surface area (Å²) in [5.41, 5.74) is 1.24. The molecular weight excluding hydrogens is 355 g/mol. The second kappa shape index (κ2) is 7.72. The first kappa shape index (κ1) is 18.6. The Morgan fingerprint density at radius 2 is 2.04 bits per heavy atom. The molecule has 4 rings (SSSR count). The predicted octanol–water partition coefficient (Wildman–Crippen LogP) is 3.92. The van der Waals surface area contributed by atoms with Gasteiger partial charge in [-0.2, -0.15) is 0 Å². The van der Waals surface area contributed by atoms with Gasteiger partial charge in [0, 0.05) is 25.5 Å². The van der Waals surface area contributed by atoms with Crippen LogP contribution in [-0.4, -0.2) is 53.2 Å². The molecular formula is C22H25FN4O. The van der Waals surface area contributed by atoms with Crippen molar-refractivity contribution in [2.45, 2.75) is 13.3 Å². The van der Waals surface area contributed by atoms with Crippen molar-refractivity contribution in [1.29, 1.82) is 0 Å². The first-order valence-electron chi connectivity index (χ1n) is 9.74. The van der Waals surface area contributed by atoms with Gasteiger partial charge in [0.05, 0.1) is 11.1 Å². The molecule has 3 aromatic rings. The van der Waals surface area contributed by atoms with Crippen molar-refractivity contribution in [2.75, 3.05) is 38.1 Å². The molecule has 0 saturated carbocycles. The summed E-state index contributed by atoms with van der Waals surface area (Å²) in [5, 5.41) is 10.9. The summed E-state index contributed by atoms with van der Waals surface area (Å²) in [6, 6.07) is 11.6. The van der Waals surface area contributed by atoms with Crippen LogP contribution in [0.4, 0.5) is 10.2 Å². The monoisotopic (exact) mass is 380 g/mol. The third-order valence-corrected chi connectivity index (χ3v) is 5.49. The molecule has 1 aliphatic rings. The number of aromatic nitrogens is 2. The number of hydrogen-bond donors (Lipinski definition) is 1. The average Bonchev–Trinajstić information content (AvgIpc) is 3.15. The maximum Gasteiger partial charge on any atom is 0.165 e. The van der Waals surface area contributed by atoms with Crippen LogP contribution in [0.2, 0.25) is 0 Å². The fraction of sp³-hybridized carbons (Fsp3) is 0.364. The lowest BCUT2D eigenvalue weighted by Crippen LogP contribution is -2.29. The molecule has 2 aromatic carbocycles. The minimum Gasteiger partial charge on any atom is -0.507 e. The first-order chi connectivity index (χ1) is 13.5. The van der Waals surface area contributed by atoms with Crippen LogP contribution in [0.25, 0.3) is 22.3 Å². The van der Waals surface area contributed by atoms with E-state index in [-0.39, 0.29) is 11.6 Å². The topological polar surface area (TPSA) is 52.5 Å². The van der Waals surface area contributed by atoms with Crippen molar-refractivity contribution in [1.82, 2.24) is 14.9 Å². The molecule has 0 amide bonds. The van der Waals surface area contributed by atoms with Crippen LogP contribution in [0.1, 0.15) is 13.3 Å². The standard InChI is InChI=1S/C22H25FN4O/c1-3-27-11-10-15(14-27)13-26(2)22-18-12-16(23)8-9-19(18)24-21(25-22)17-6-4-5-7-20(17)28/h4-9,12,15,28H,3,10-11,13-14H2,1-2H3. The maximum absolute atomic E-state index is 13.9. The first-order valence-corrected chi connectivity index (χ1v) is 9.74. The zero-order chi connectivity index (χ0) is 19.7. The van der Waals surface area contributed by atoms with Gasteiger partial charge in [-0.25, -0.2) is 14.4 Å². The zero-order valence-corrected chi connectivity index (χ0v) is 16.3. The van der Waals surface area contributed by atoms with Gasteiger partial charge in [0.15, 0.2) is 5.82 Å². The lowest BCUT2D eigenvalue weighted by Gasteiger charge is -2.24. The minimum absolute atomic E-state index is 0.131. The van der Waals surface area contributed by atoms with Gasteiger partial charge in [-0.3, -0.25) is 0 Å². The van der Waals surface area contributed by atoms with Gasteiger partial charge in [0.25, 0.3) is 0 Å². The number of nitrogens with zero attached hydrogens (tertiary/aromatic N) is 4. The largest absolute Gasteiger partial charge is 0.507 e. The van der Waals surface area contributed by atoms with Gasteiger partial charge in [-0.05, 0) is 55.8 Å². The molecule has 1 aromatic heterocycles. The third-order valence-electron chi connectivity index (χ3n) is 5.49. The molecule has 2 heterocycles. The SMILES string of the molecule is CCN1CCC(CN(C)c2nc(-c3ccccc3O)nc3ccc(F)cc23)C1. The highest BCUT2D eigenvalue weighted by molar-refractivity contribution is 5.91. The van der Waals surface area contributed by atoms with Crippen LogP contribution in [0.3, 0.4) is 0 Å². The lowest BCUT2D eigenvalue weighted by molar-refractivity contribution is 0.343. The van der Waals surface area contributed by atoms with Crippen molar-refractivity contribution in [3.05, 3.63) is 48.3 Å². The van der Waals surface area contributed by atoms with Crippen molar-refractivity contribution in [2.24, 2.45) is 5.92 Å². The number of phenolic OH excluding ortho intramolecular Hbond substituents is 1. The van der Waals surface area contributed by atoms with E-state index in [1.807, 2.05) is 13.1 Å². The maximum atomic E-state index is 13.9. The second-order valence-corrected chi connectivity index (χ2v) is 7.48. The second-order valence-electron chi connectivity index (χ2n) is 7.48. The molecule has 5 nitrogen and oxygen atoms in total. The molecule has 6 heteroatoms. The fourth-order valence-electron chi connectivity index (χ4n) is 3.98. The highest BCUT2D eigenvalue weighted by atomic mass is 19.1. The number of hydrogen-bond acceptors (Lipinski definition) is 5. The number of para-hydroxylation sites is 1. The van der Waals surface area contributed by atoms with Gasteiger partial charge < -0.3 is 14.9 Å². The summed E-state index contributed by atoms with van der Waals surface area (Å²) in [6.07, 6.45) is 1.15. The van der Waals surface area contributed by atoms with Gasteiger partial charge in [0.1, 0.15) is 17.4 Å². The Hall–Kier alpha value is -2.73. The minimum atomic E-state index is -0.306. The Morgan fingerprint density at radius 1 is 1.21 bits per heavy atom. The molecule has 0 radical (unpaired) electrons. The third kappa shape index (κ3) is 3.64. The summed E-state index contributed by atoms with van der Waals surface area (Å²) in [7, 11) is 2.00. The number of rotatable bonds is 5. The molecule has 1 unspecified atom stereocenters. The Bertz CT molecular complexity index is 993. The van der Waals surface area contributed by atoms with E-state index in [1.165, 1.54) is 12.1 Å². The molecule has 28 heavy (non-hydrogen) atoms. The van der Waals surface area contributed by atoms with Gasteiger partial charge in [-0.15, -0.1) is 0 Å². The Kier molecular flexibility index (Phi) is 5.13. The number of halogens is 1. The molecule has 1 N–H and O–H groups in total. The summed E-state index contributed by atoms with van der Waals surface area (Å²) >= 11 is 0. The van der Waals surface area contributed by atoms with E-state index in [1.54, 1.807) is 24.3 Å². The lowest BCUT2D eigenvalue weighted by atomic mass is 10.1.